The number of nitrogens with two attached hydrogens (primary N) is 1. The lowest BCUT2D eigenvalue weighted by Crippen LogP contribution is -2.54. The molecule has 0 saturated heterocycles. The molecule has 0 bridgehead atoms. The van der Waals surface area contributed by atoms with Gasteiger partial charge in [0.05, 0.1) is 10.5 Å². The largest absolute Gasteiger partial charge is 0.391 e. The van der Waals surface area contributed by atoms with E-state index in [0.717, 1.165) is 36.8 Å². The van der Waals surface area contributed by atoms with Gasteiger partial charge in [-0.3, -0.25) is 4.79 Å². The molecule has 1 saturated carbocycles. The summed E-state index contributed by atoms with van der Waals surface area (Å²) in [6, 6.07) is 5.84. The van der Waals surface area contributed by atoms with E-state index in [1.54, 1.807) is 0 Å². The van der Waals surface area contributed by atoms with Crippen LogP contribution in [0.15, 0.2) is 18.2 Å². The third kappa shape index (κ3) is 2.95. The van der Waals surface area contributed by atoms with E-state index in [9.17, 15) is 4.79 Å². The van der Waals surface area contributed by atoms with Gasteiger partial charge in [0.1, 0.15) is 0 Å². The van der Waals surface area contributed by atoms with Gasteiger partial charge in [0.25, 0.3) is 5.91 Å². The van der Waals surface area contributed by atoms with Crippen LogP contribution in [0.5, 0.6) is 0 Å². The van der Waals surface area contributed by atoms with Crippen LogP contribution in [0.2, 0.25) is 0 Å². The summed E-state index contributed by atoms with van der Waals surface area (Å²) < 4.78 is 0. The summed E-state index contributed by atoms with van der Waals surface area (Å²) in [6.07, 6.45) is 3.81. The lowest BCUT2D eigenvalue weighted by molar-refractivity contribution is 0.0924. The van der Waals surface area contributed by atoms with Crippen LogP contribution >= 0.6 is 12.2 Å². The smallest absolute Gasteiger partial charge is 0.252 e. The van der Waals surface area contributed by atoms with Crippen molar-refractivity contribution in [3.05, 3.63) is 34.9 Å². The third-order valence-corrected chi connectivity index (χ3v) is 4.16. The number of amides is 1. The summed E-state index contributed by atoms with van der Waals surface area (Å²) in [4.78, 5) is 12.8. The second-order valence-corrected chi connectivity index (χ2v) is 5.92. The van der Waals surface area contributed by atoms with Crippen LogP contribution in [0.3, 0.4) is 0 Å². The van der Waals surface area contributed by atoms with Crippen molar-refractivity contribution >= 4 is 23.1 Å². The Morgan fingerprint density at radius 2 is 1.74 bits per heavy atom. The van der Waals surface area contributed by atoms with Crippen LogP contribution in [0, 0.1) is 13.8 Å². The van der Waals surface area contributed by atoms with Crippen LogP contribution in [0.4, 0.5) is 0 Å². The Morgan fingerprint density at radius 3 is 2.21 bits per heavy atom. The van der Waals surface area contributed by atoms with Gasteiger partial charge in [-0.25, -0.2) is 0 Å². The Hall–Kier alpha value is -1.42. The molecule has 1 aromatic carbocycles. The average Bonchev–Trinajstić information content (AvgIpc) is 2.77. The zero-order valence-electron chi connectivity index (χ0n) is 11.5. The molecule has 0 spiro atoms. The minimum atomic E-state index is -0.482. The molecule has 1 aliphatic rings. The van der Waals surface area contributed by atoms with E-state index >= 15 is 0 Å². The standard InChI is InChI=1S/C15H20N2OS/c1-10-7-11(2)9-12(8-10)13(18)17-15(14(16)19)5-3-4-6-15/h7-9H,3-6H2,1-2H3,(H2,16,19)(H,17,18). The minimum Gasteiger partial charge on any atom is -0.391 e. The van der Waals surface area contributed by atoms with Gasteiger partial charge in [-0.2, -0.15) is 0 Å². The Balaban J connectivity index is 2.22. The molecule has 102 valence electrons. The molecule has 3 nitrogen and oxygen atoms in total. The SMILES string of the molecule is Cc1cc(C)cc(C(=O)NC2(C(N)=S)CCCC2)c1. The van der Waals surface area contributed by atoms with Crippen LogP contribution < -0.4 is 11.1 Å². The molecule has 0 unspecified atom stereocenters. The molecule has 2 rings (SSSR count). The van der Waals surface area contributed by atoms with E-state index in [0.29, 0.717) is 10.6 Å². The lowest BCUT2D eigenvalue weighted by atomic mass is 9.96. The zero-order valence-corrected chi connectivity index (χ0v) is 12.3. The number of nitrogens with one attached hydrogen (secondary N) is 1. The maximum Gasteiger partial charge on any atom is 0.252 e. The molecular weight excluding hydrogens is 256 g/mol. The van der Waals surface area contributed by atoms with Gasteiger partial charge < -0.3 is 11.1 Å². The highest BCUT2D eigenvalue weighted by atomic mass is 32.1. The van der Waals surface area contributed by atoms with Crippen molar-refractivity contribution in [3.63, 3.8) is 0 Å². The van der Waals surface area contributed by atoms with Crippen molar-refractivity contribution < 1.29 is 4.79 Å². The van der Waals surface area contributed by atoms with Crippen LogP contribution in [0.25, 0.3) is 0 Å². The van der Waals surface area contributed by atoms with E-state index in [2.05, 4.69) is 11.4 Å². The fourth-order valence-electron chi connectivity index (χ4n) is 2.81. The topological polar surface area (TPSA) is 55.1 Å². The first-order chi connectivity index (χ1) is 8.93. The molecule has 0 aliphatic heterocycles. The van der Waals surface area contributed by atoms with Gasteiger partial charge in [0, 0.05) is 5.56 Å². The van der Waals surface area contributed by atoms with Gasteiger partial charge in [0.15, 0.2) is 0 Å². The van der Waals surface area contributed by atoms with Crippen molar-refractivity contribution in [2.75, 3.05) is 0 Å². The van der Waals surface area contributed by atoms with E-state index in [1.165, 1.54) is 0 Å². The Kier molecular flexibility index (Phi) is 3.90. The van der Waals surface area contributed by atoms with Gasteiger partial charge >= 0.3 is 0 Å². The molecule has 1 amide bonds. The normalized spacial score (nSPS) is 17.2. The lowest BCUT2D eigenvalue weighted by Gasteiger charge is -2.29. The van der Waals surface area contributed by atoms with Gasteiger partial charge in [-0.05, 0) is 38.8 Å². The molecule has 0 atom stereocenters. The van der Waals surface area contributed by atoms with Gasteiger partial charge in [-0.15, -0.1) is 0 Å². The second kappa shape index (κ2) is 5.29. The fraction of sp³-hybridized carbons (Fsp3) is 0.467. The molecule has 0 radical (unpaired) electrons. The van der Waals surface area contributed by atoms with Crippen molar-refractivity contribution in [2.45, 2.75) is 45.1 Å². The Morgan fingerprint density at radius 1 is 1.21 bits per heavy atom. The number of benzene rings is 1. The number of thiocarbonyl (C=S) groups is 1. The van der Waals surface area contributed by atoms with E-state index in [1.807, 2.05) is 26.0 Å². The molecule has 0 aromatic heterocycles. The van der Waals surface area contributed by atoms with Crippen LogP contribution in [0.1, 0.15) is 47.2 Å². The molecule has 4 heteroatoms. The van der Waals surface area contributed by atoms with Gasteiger partial charge in [0.2, 0.25) is 0 Å². The number of aryl methyl sites for hydroxylation is 2. The van der Waals surface area contributed by atoms with E-state index in [4.69, 9.17) is 18.0 Å². The van der Waals surface area contributed by atoms with Crippen molar-refractivity contribution in [1.82, 2.24) is 5.32 Å². The highest BCUT2D eigenvalue weighted by molar-refractivity contribution is 7.80. The first-order valence-electron chi connectivity index (χ1n) is 6.64. The molecule has 19 heavy (non-hydrogen) atoms. The fourth-order valence-corrected chi connectivity index (χ4v) is 3.06. The average molecular weight is 276 g/mol. The summed E-state index contributed by atoms with van der Waals surface area (Å²) in [6.45, 7) is 3.98. The molecule has 1 aliphatic carbocycles. The molecule has 0 heterocycles. The van der Waals surface area contributed by atoms with Crippen molar-refractivity contribution in [2.24, 2.45) is 5.73 Å². The molecule has 1 aromatic rings. The third-order valence-electron chi connectivity index (χ3n) is 3.77. The predicted molar refractivity (Wildman–Crippen MR) is 81.4 cm³/mol. The summed E-state index contributed by atoms with van der Waals surface area (Å²) in [5.74, 6) is -0.0819. The molecule has 3 N–H and O–H groups in total. The monoisotopic (exact) mass is 276 g/mol. The summed E-state index contributed by atoms with van der Waals surface area (Å²) in [7, 11) is 0. The summed E-state index contributed by atoms with van der Waals surface area (Å²) in [5.41, 5.74) is 8.20. The maximum atomic E-state index is 12.4. The van der Waals surface area contributed by atoms with Gasteiger partial charge in [-0.1, -0.05) is 42.3 Å². The highest BCUT2D eigenvalue weighted by Gasteiger charge is 2.38. The number of carbonyl (C=O) groups excluding carboxylic acids is 1. The summed E-state index contributed by atoms with van der Waals surface area (Å²) in [5, 5.41) is 3.06. The quantitative estimate of drug-likeness (QED) is 0.834. The number of carbonyl (C=O) groups is 1. The van der Waals surface area contributed by atoms with Crippen LogP contribution in [-0.2, 0) is 0 Å². The van der Waals surface area contributed by atoms with E-state index < -0.39 is 5.54 Å². The number of hydrogen-bond donors (Lipinski definition) is 2. The van der Waals surface area contributed by atoms with Crippen molar-refractivity contribution in [3.8, 4) is 0 Å². The second-order valence-electron chi connectivity index (χ2n) is 5.48. The Bertz CT molecular complexity index is 499. The molecular formula is C15H20N2OS. The number of hydrogen-bond acceptors (Lipinski definition) is 2. The zero-order chi connectivity index (χ0) is 14.0. The van der Waals surface area contributed by atoms with E-state index in [-0.39, 0.29) is 5.91 Å². The number of rotatable bonds is 3. The maximum absolute atomic E-state index is 12.4. The minimum absolute atomic E-state index is 0.0819. The van der Waals surface area contributed by atoms with Crippen molar-refractivity contribution in [1.29, 1.82) is 0 Å². The van der Waals surface area contributed by atoms with Crippen LogP contribution in [-0.4, -0.2) is 16.4 Å². The first kappa shape index (κ1) is 14.0. The predicted octanol–water partition coefficient (Wildman–Crippen LogP) is 2.63. The summed E-state index contributed by atoms with van der Waals surface area (Å²) >= 11 is 5.15. The highest BCUT2D eigenvalue weighted by Crippen LogP contribution is 2.30. The molecule has 1 fully saturated rings. The first-order valence-corrected chi connectivity index (χ1v) is 7.04. The Labute approximate surface area is 119 Å².